The Kier molecular flexibility index (Phi) is 5.83. The van der Waals surface area contributed by atoms with E-state index in [0.29, 0.717) is 23.4 Å². The van der Waals surface area contributed by atoms with Crippen LogP contribution in [-0.4, -0.2) is 40.3 Å². The molecular weight excluding hydrogens is 422 g/mol. The molecule has 0 saturated carbocycles. The average molecular weight is 445 g/mol. The van der Waals surface area contributed by atoms with Gasteiger partial charge in [-0.05, 0) is 49.8 Å². The molecule has 0 aliphatic carbocycles. The molecule has 0 fully saturated rings. The summed E-state index contributed by atoms with van der Waals surface area (Å²) in [6, 6.07) is 13.1. The molecule has 1 amide bonds. The van der Waals surface area contributed by atoms with E-state index in [4.69, 9.17) is 9.84 Å². The first-order valence-electron chi connectivity index (χ1n) is 10.5. The number of fused-ring (bicyclic) bond motifs is 1. The largest absolute Gasteiger partial charge is 0.478 e. The molecule has 0 bridgehead atoms. The molecule has 4 rings (SSSR count). The molecule has 1 unspecified atom stereocenters. The van der Waals surface area contributed by atoms with Crippen LogP contribution in [-0.2, 0) is 14.3 Å². The van der Waals surface area contributed by atoms with Crippen LogP contribution in [0.25, 0.3) is 17.0 Å². The van der Waals surface area contributed by atoms with Gasteiger partial charge in [0.05, 0.1) is 29.6 Å². The summed E-state index contributed by atoms with van der Waals surface area (Å²) in [6.45, 7) is 3.68. The molecule has 1 aliphatic rings. The van der Waals surface area contributed by atoms with Crippen molar-refractivity contribution in [1.29, 1.82) is 0 Å². The third-order valence-corrected chi connectivity index (χ3v) is 5.68. The van der Waals surface area contributed by atoms with Crippen LogP contribution in [0.3, 0.4) is 0 Å². The van der Waals surface area contributed by atoms with Gasteiger partial charge in [0.15, 0.2) is 0 Å². The van der Waals surface area contributed by atoms with Crippen molar-refractivity contribution < 1.29 is 24.2 Å². The van der Waals surface area contributed by atoms with Crippen molar-refractivity contribution in [3.63, 3.8) is 0 Å². The highest BCUT2D eigenvalue weighted by Gasteiger charge is 2.31. The average Bonchev–Trinajstić information content (AvgIpc) is 3.36. The van der Waals surface area contributed by atoms with E-state index in [-0.39, 0.29) is 17.4 Å². The van der Waals surface area contributed by atoms with Crippen molar-refractivity contribution in [1.82, 2.24) is 4.57 Å². The van der Waals surface area contributed by atoms with E-state index in [1.165, 1.54) is 24.3 Å². The number of aromatic nitrogens is 1. The van der Waals surface area contributed by atoms with Gasteiger partial charge < -0.3 is 14.4 Å². The van der Waals surface area contributed by atoms with E-state index in [1.54, 1.807) is 25.1 Å². The van der Waals surface area contributed by atoms with E-state index in [9.17, 15) is 14.4 Å². The molecule has 1 aromatic heterocycles. The van der Waals surface area contributed by atoms with E-state index < -0.39 is 12.0 Å². The fraction of sp³-hybridized carbons (Fsp3) is 0.200. The first-order valence-corrected chi connectivity index (χ1v) is 10.5. The van der Waals surface area contributed by atoms with Crippen LogP contribution in [0.4, 0.5) is 5.69 Å². The molecule has 8 heteroatoms. The van der Waals surface area contributed by atoms with Gasteiger partial charge in [-0.15, -0.1) is 0 Å². The second-order valence-corrected chi connectivity index (χ2v) is 7.64. The Bertz CT molecular complexity index is 1320. The van der Waals surface area contributed by atoms with Crippen molar-refractivity contribution in [3.8, 4) is 0 Å². The summed E-state index contributed by atoms with van der Waals surface area (Å²) in [4.78, 5) is 36.5. The molecule has 1 atom stereocenters. The lowest BCUT2D eigenvalue weighted by Gasteiger charge is -2.12. The number of para-hydroxylation sites is 1. The summed E-state index contributed by atoms with van der Waals surface area (Å²) in [5.74, 6) is -1.70. The maximum absolute atomic E-state index is 13.3. The minimum atomic E-state index is -1.04. The summed E-state index contributed by atoms with van der Waals surface area (Å²) in [6.07, 6.45) is 4.17. The maximum Gasteiger partial charge on any atom is 0.335 e. The molecule has 1 N–H and O–H groups in total. The van der Waals surface area contributed by atoms with Gasteiger partial charge >= 0.3 is 11.9 Å². The Hall–Kier alpha value is -4.20. The summed E-state index contributed by atoms with van der Waals surface area (Å²) < 4.78 is 6.74. The molecular formula is C25H23N3O5. The molecule has 2 aromatic carbocycles. The lowest BCUT2D eigenvalue weighted by atomic mass is 10.0. The van der Waals surface area contributed by atoms with Gasteiger partial charge in [-0.3, -0.25) is 4.79 Å². The lowest BCUT2D eigenvalue weighted by Crippen LogP contribution is -2.21. The fourth-order valence-corrected chi connectivity index (χ4v) is 3.89. The van der Waals surface area contributed by atoms with Crippen LogP contribution < -0.4 is 5.01 Å². The Labute approximate surface area is 190 Å². The minimum absolute atomic E-state index is 0.133. The standard InChI is InChI=1S/C25H23N3O5/c1-4-21-20(23(29)28(26-21)18-11-9-16(10-12-18)24(30)31)13-17-14-27(15(2)25(32)33-3)22-8-6-5-7-19(17)22/h5-15H,4H2,1-3H3,(H,30,31). The first kappa shape index (κ1) is 22.0. The normalized spacial score (nSPS) is 15.7. The molecule has 2 heterocycles. The highest BCUT2D eigenvalue weighted by atomic mass is 16.5. The van der Waals surface area contributed by atoms with E-state index in [2.05, 4.69) is 5.10 Å². The molecule has 1 aliphatic heterocycles. The summed E-state index contributed by atoms with van der Waals surface area (Å²) in [5, 5.41) is 15.8. The molecule has 0 spiro atoms. The highest BCUT2D eigenvalue weighted by Crippen LogP contribution is 2.31. The van der Waals surface area contributed by atoms with Crippen LogP contribution in [0.1, 0.15) is 42.2 Å². The zero-order valence-corrected chi connectivity index (χ0v) is 18.5. The predicted molar refractivity (Wildman–Crippen MR) is 125 cm³/mol. The highest BCUT2D eigenvalue weighted by molar-refractivity contribution is 6.33. The Morgan fingerprint density at radius 1 is 1.15 bits per heavy atom. The van der Waals surface area contributed by atoms with Crippen molar-refractivity contribution in [2.45, 2.75) is 26.3 Å². The van der Waals surface area contributed by atoms with Gasteiger partial charge in [-0.2, -0.15) is 10.1 Å². The van der Waals surface area contributed by atoms with Crippen molar-refractivity contribution in [2.24, 2.45) is 5.10 Å². The third kappa shape index (κ3) is 3.91. The number of rotatable bonds is 6. The molecule has 8 nitrogen and oxygen atoms in total. The number of amides is 1. The molecule has 0 saturated heterocycles. The van der Waals surface area contributed by atoms with Gasteiger partial charge in [0.1, 0.15) is 6.04 Å². The molecule has 168 valence electrons. The van der Waals surface area contributed by atoms with Crippen molar-refractivity contribution in [3.05, 3.63) is 71.4 Å². The molecule has 3 aromatic rings. The SMILES string of the molecule is CCC1=NN(c2ccc(C(=O)O)cc2)C(=O)C1=Cc1cn(C(C)C(=O)OC)c2ccccc12. The van der Waals surface area contributed by atoms with Gasteiger partial charge in [0, 0.05) is 22.7 Å². The van der Waals surface area contributed by atoms with Gasteiger partial charge in [0.2, 0.25) is 0 Å². The minimum Gasteiger partial charge on any atom is -0.478 e. The number of hydrogen-bond acceptors (Lipinski definition) is 5. The Morgan fingerprint density at radius 3 is 2.48 bits per heavy atom. The second-order valence-electron chi connectivity index (χ2n) is 7.64. The van der Waals surface area contributed by atoms with Crippen LogP contribution in [0.2, 0.25) is 0 Å². The quantitative estimate of drug-likeness (QED) is 0.451. The van der Waals surface area contributed by atoms with Gasteiger partial charge in [-0.1, -0.05) is 25.1 Å². The topological polar surface area (TPSA) is 101 Å². The number of carboxylic acids is 1. The number of ether oxygens (including phenoxy) is 1. The van der Waals surface area contributed by atoms with Crippen molar-refractivity contribution in [2.75, 3.05) is 12.1 Å². The van der Waals surface area contributed by atoms with E-state index in [1.807, 2.05) is 42.0 Å². The number of carbonyl (C=O) groups excluding carboxylic acids is 2. The number of aromatic carboxylic acids is 1. The Balaban J connectivity index is 1.76. The number of nitrogens with zero attached hydrogens (tertiary/aromatic N) is 3. The van der Waals surface area contributed by atoms with Gasteiger partial charge in [-0.25, -0.2) is 9.59 Å². The zero-order chi connectivity index (χ0) is 23.7. The number of benzene rings is 2. The number of methoxy groups -OCH3 is 1. The third-order valence-electron chi connectivity index (χ3n) is 5.68. The van der Waals surface area contributed by atoms with Crippen LogP contribution in [0.5, 0.6) is 0 Å². The van der Waals surface area contributed by atoms with Crippen LogP contribution in [0.15, 0.2) is 65.4 Å². The summed E-state index contributed by atoms with van der Waals surface area (Å²) in [7, 11) is 1.35. The van der Waals surface area contributed by atoms with E-state index >= 15 is 0 Å². The van der Waals surface area contributed by atoms with Crippen LogP contribution in [0, 0.1) is 0 Å². The molecule has 0 radical (unpaired) electrons. The second kappa shape index (κ2) is 8.74. The summed E-state index contributed by atoms with van der Waals surface area (Å²) >= 11 is 0. The van der Waals surface area contributed by atoms with E-state index in [0.717, 1.165) is 16.5 Å². The van der Waals surface area contributed by atoms with Crippen molar-refractivity contribution >= 4 is 46.2 Å². The number of esters is 1. The van der Waals surface area contributed by atoms with Crippen LogP contribution >= 0.6 is 0 Å². The number of hydrazone groups is 1. The maximum atomic E-state index is 13.3. The molecule has 33 heavy (non-hydrogen) atoms. The zero-order valence-electron chi connectivity index (χ0n) is 18.5. The smallest absolute Gasteiger partial charge is 0.335 e. The fourth-order valence-electron chi connectivity index (χ4n) is 3.89. The number of hydrogen-bond donors (Lipinski definition) is 1. The van der Waals surface area contributed by atoms with Gasteiger partial charge in [0.25, 0.3) is 5.91 Å². The number of anilines is 1. The number of carbonyl (C=O) groups is 3. The lowest BCUT2D eigenvalue weighted by molar-refractivity contribution is -0.143. The predicted octanol–water partition coefficient (Wildman–Crippen LogP) is 4.27. The summed E-state index contributed by atoms with van der Waals surface area (Å²) in [5.41, 5.74) is 3.33. The first-order chi connectivity index (χ1) is 15.8. The number of carboxylic acid groups (broad SMARTS) is 1. The Morgan fingerprint density at radius 2 is 1.85 bits per heavy atom. The monoisotopic (exact) mass is 445 g/mol.